The third-order valence-corrected chi connectivity index (χ3v) is 5.87. The lowest BCUT2D eigenvalue weighted by Gasteiger charge is -2.44. The van der Waals surface area contributed by atoms with Gasteiger partial charge < -0.3 is 24.1 Å². The zero-order chi connectivity index (χ0) is 17.2. The van der Waals surface area contributed by atoms with Gasteiger partial charge >= 0.3 is 0 Å². The van der Waals surface area contributed by atoms with Gasteiger partial charge in [0.15, 0.2) is 23.0 Å². The van der Waals surface area contributed by atoms with Crippen molar-refractivity contribution in [1.82, 2.24) is 0 Å². The van der Waals surface area contributed by atoms with Crippen molar-refractivity contribution in [3.05, 3.63) is 47.0 Å². The molecule has 2 aliphatic heterocycles. The first-order valence-electron chi connectivity index (χ1n) is 8.63. The molecule has 0 aromatic heterocycles. The number of benzene rings is 2. The van der Waals surface area contributed by atoms with Crippen LogP contribution in [0.5, 0.6) is 23.0 Å². The topological polar surface area (TPSA) is 57.2 Å². The summed E-state index contributed by atoms with van der Waals surface area (Å²) in [6, 6.07) is 9.64. The average molecular weight is 340 g/mol. The number of fused-ring (bicyclic) bond motifs is 4. The van der Waals surface area contributed by atoms with Crippen LogP contribution in [0.1, 0.15) is 30.5 Å². The maximum atomic E-state index is 12.0. The molecule has 3 aliphatic rings. The highest BCUT2D eigenvalue weighted by molar-refractivity contribution is 5.60. The Balaban J connectivity index is 1.76. The molecule has 1 N–H and O–H groups in total. The molecule has 5 heteroatoms. The molecule has 3 atom stereocenters. The van der Waals surface area contributed by atoms with E-state index in [9.17, 15) is 5.11 Å². The van der Waals surface area contributed by atoms with Gasteiger partial charge in [-0.15, -0.1) is 0 Å². The SMILES string of the molecule is CC1Cc2ccc3c(c2C(O)(c2ccc4c(c2)OCO4)C1C)OCO3. The predicted octanol–water partition coefficient (Wildman–Crippen LogP) is 3.21. The minimum atomic E-state index is -1.17. The fourth-order valence-electron chi connectivity index (χ4n) is 4.31. The second kappa shape index (κ2) is 5.05. The van der Waals surface area contributed by atoms with E-state index in [0.29, 0.717) is 28.9 Å². The highest BCUT2D eigenvalue weighted by Crippen LogP contribution is 2.54. The van der Waals surface area contributed by atoms with Gasteiger partial charge in [0, 0.05) is 5.56 Å². The number of rotatable bonds is 1. The smallest absolute Gasteiger partial charge is 0.231 e. The molecule has 0 fully saturated rings. The highest BCUT2D eigenvalue weighted by atomic mass is 16.7. The molecule has 0 amide bonds. The van der Waals surface area contributed by atoms with Crippen LogP contribution in [-0.4, -0.2) is 18.7 Å². The van der Waals surface area contributed by atoms with Crippen LogP contribution >= 0.6 is 0 Å². The van der Waals surface area contributed by atoms with Gasteiger partial charge in [-0.2, -0.15) is 0 Å². The summed E-state index contributed by atoms with van der Waals surface area (Å²) in [5.74, 6) is 3.07. The summed E-state index contributed by atoms with van der Waals surface area (Å²) in [6.07, 6.45) is 0.903. The first-order chi connectivity index (χ1) is 12.1. The number of aliphatic hydroxyl groups is 1. The Morgan fingerprint density at radius 2 is 1.64 bits per heavy atom. The van der Waals surface area contributed by atoms with E-state index in [2.05, 4.69) is 13.8 Å². The van der Waals surface area contributed by atoms with Crippen molar-refractivity contribution in [2.75, 3.05) is 13.6 Å². The fraction of sp³-hybridized carbons (Fsp3) is 0.400. The summed E-state index contributed by atoms with van der Waals surface area (Å²) in [5.41, 5.74) is 1.55. The second-order valence-corrected chi connectivity index (χ2v) is 7.14. The Morgan fingerprint density at radius 3 is 2.52 bits per heavy atom. The Hall–Kier alpha value is -2.40. The van der Waals surface area contributed by atoms with E-state index in [1.165, 1.54) is 0 Å². The van der Waals surface area contributed by atoms with Crippen LogP contribution in [0, 0.1) is 11.8 Å². The summed E-state index contributed by atoms with van der Waals surface area (Å²) in [5, 5.41) is 12.0. The average Bonchev–Trinajstić information content (AvgIpc) is 3.27. The fourth-order valence-corrected chi connectivity index (χ4v) is 4.31. The summed E-state index contributed by atoms with van der Waals surface area (Å²) >= 11 is 0. The molecule has 2 heterocycles. The number of hydrogen-bond acceptors (Lipinski definition) is 5. The summed E-state index contributed by atoms with van der Waals surface area (Å²) in [6.45, 7) is 4.67. The van der Waals surface area contributed by atoms with Crippen molar-refractivity contribution in [2.45, 2.75) is 25.9 Å². The normalized spacial score (nSPS) is 28.8. The molecule has 5 rings (SSSR count). The lowest BCUT2D eigenvalue weighted by Crippen LogP contribution is -2.43. The Morgan fingerprint density at radius 1 is 0.920 bits per heavy atom. The van der Waals surface area contributed by atoms with E-state index in [-0.39, 0.29) is 19.5 Å². The van der Waals surface area contributed by atoms with E-state index in [0.717, 1.165) is 23.1 Å². The van der Waals surface area contributed by atoms with Crippen LogP contribution in [0.3, 0.4) is 0 Å². The first-order valence-corrected chi connectivity index (χ1v) is 8.63. The standard InChI is InChI=1S/C20H20O5/c1-11-7-13-3-5-16-19(25-10-23-16)18(13)20(21,12(11)2)14-4-6-15-17(8-14)24-9-22-15/h3-6,8,11-12,21H,7,9-10H2,1-2H3. The lowest BCUT2D eigenvalue weighted by molar-refractivity contribution is -0.0118. The Bertz CT molecular complexity index is 861. The number of ether oxygens (including phenoxy) is 4. The van der Waals surface area contributed by atoms with E-state index in [1.54, 1.807) is 0 Å². The molecule has 130 valence electrons. The van der Waals surface area contributed by atoms with Crippen LogP contribution in [0.25, 0.3) is 0 Å². The third-order valence-electron chi connectivity index (χ3n) is 5.87. The van der Waals surface area contributed by atoms with Crippen molar-refractivity contribution in [1.29, 1.82) is 0 Å². The molecular formula is C20H20O5. The molecule has 1 aliphatic carbocycles. The molecule has 2 aromatic carbocycles. The largest absolute Gasteiger partial charge is 0.454 e. The minimum Gasteiger partial charge on any atom is -0.454 e. The van der Waals surface area contributed by atoms with Crippen LogP contribution in [0.2, 0.25) is 0 Å². The van der Waals surface area contributed by atoms with Crippen LogP contribution in [0.4, 0.5) is 0 Å². The lowest BCUT2D eigenvalue weighted by atomic mass is 9.64. The zero-order valence-corrected chi connectivity index (χ0v) is 14.2. The van der Waals surface area contributed by atoms with Crippen molar-refractivity contribution in [3.63, 3.8) is 0 Å². The Kier molecular flexibility index (Phi) is 3.01. The molecule has 25 heavy (non-hydrogen) atoms. The molecular weight excluding hydrogens is 320 g/mol. The van der Waals surface area contributed by atoms with E-state index >= 15 is 0 Å². The third kappa shape index (κ3) is 1.93. The maximum absolute atomic E-state index is 12.0. The van der Waals surface area contributed by atoms with Gasteiger partial charge in [-0.3, -0.25) is 0 Å². The summed E-state index contributed by atoms with van der Waals surface area (Å²) < 4.78 is 22.2. The Labute approximate surface area is 146 Å². The van der Waals surface area contributed by atoms with Crippen molar-refractivity contribution >= 4 is 0 Å². The molecule has 0 saturated carbocycles. The quantitative estimate of drug-likeness (QED) is 0.864. The predicted molar refractivity (Wildman–Crippen MR) is 90.2 cm³/mol. The van der Waals surface area contributed by atoms with Crippen molar-refractivity contribution < 1.29 is 24.1 Å². The monoisotopic (exact) mass is 340 g/mol. The first kappa shape index (κ1) is 14.9. The van der Waals surface area contributed by atoms with Gasteiger partial charge in [-0.1, -0.05) is 26.0 Å². The molecule has 3 unspecified atom stereocenters. The van der Waals surface area contributed by atoms with E-state index in [4.69, 9.17) is 18.9 Å². The molecule has 0 saturated heterocycles. The molecule has 5 nitrogen and oxygen atoms in total. The van der Waals surface area contributed by atoms with Crippen LogP contribution in [0.15, 0.2) is 30.3 Å². The summed E-state index contributed by atoms with van der Waals surface area (Å²) in [4.78, 5) is 0. The van der Waals surface area contributed by atoms with Gasteiger partial charge in [0.05, 0.1) is 0 Å². The van der Waals surface area contributed by atoms with Gasteiger partial charge in [0.1, 0.15) is 5.60 Å². The molecule has 2 aromatic rings. The molecule has 0 radical (unpaired) electrons. The van der Waals surface area contributed by atoms with Crippen LogP contribution < -0.4 is 18.9 Å². The van der Waals surface area contributed by atoms with Gasteiger partial charge in [0.25, 0.3) is 0 Å². The van der Waals surface area contributed by atoms with E-state index < -0.39 is 5.60 Å². The zero-order valence-electron chi connectivity index (χ0n) is 14.2. The van der Waals surface area contributed by atoms with Gasteiger partial charge in [-0.25, -0.2) is 0 Å². The molecule has 0 spiro atoms. The van der Waals surface area contributed by atoms with Crippen molar-refractivity contribution in [3.8, 4) is 23.0 Å². The number of hydrogen-bond donors (Lipinski definition) is 1. The van der Waals surface area contributed by atoms with E-state index in [1.807, 2.05) is 30.3 Å². The second-order valence-electron chi connectivity index (χ2n) is 7.14. The van der Waals surface area contributed by atoms with Gasteiger partial charge in [0.2, 0.25) is 13.6 Å². The summed E-state index contributed by atoms with van der Waals surface area (Å²) in [7, 11) is 0. The maximum Gasteiger partial charge on any atom is 0.231 e. The molecule has 0 bridgehead atoms. The van der Waals surface area contributed by atoms with Gasteiger partial charge in [-0.05, 0) is 47.6 Å². The van der Waals surface area contributed by atoms with Crippen molar-refractivity contribution in [2.24, 2.45) is 11.8 Å². The highest BCUT2D eigenvalue weighted by Gasteiger charge is 2.48. The van der Waals surface area contributed by atoms with Crippen LogP contribution in [-0.2, 0) is 12.0 Å². The minimum absolute atomic E-state index is 0.0103.